The number of halogens is 1. The van der Waals surface area contributed by atoms with Crippen molar-refractivity contribution in [2.24, 2.45) is 0 Å². The maximum absolute atomic E-state index is 6.13. The van der Waals surface area contributed by atoms with Crippen LogP contribution in [0.4, 0.5) is 0 Å². The first kappa shape index (κ1) is 13.7. The molecule has 0 aliphatic heterocycles. The minimum Gasteiger partial charge on any atom is -0.489 e. The molecular formula is C15H22ClNO. The van der Waals surface area contributed by atoms with Gasteiger partial charge in [0.1, 0.15) is 11.9 Å². The van der Waals surface area contributed by atoms with E-state index in [-0.39, 0.29) is 6.10 Å². The van der Waals surface area contributed by atoms with Gasteiger partial charge in [-0.25, -0.2) is 0 Å². The highest BCUT2D eigenvalue weighted by molar-refractivity contribution is 6.30. The van der Waals surface area contributed by atoms with Crippen molar-refractivity contribution in [2.45, 2.75) is 51.2 Å². The third kappa shape index (κ3) is 3.89. The van der Waals surface area contributed by atoms with Crippen molar-refractivity contribution in [3.63, 3.8) is 0 Å². The van der Waals surface area contributed by atoms with Gasteiger partial charge in [0.15, 0.2) is 0 Å². The monoisotopic (exact) mass is 267 g/mol. The summed E-state index contributed by atoms with van der Waals surface area (Å²) in [6, 6.07) is 8.16. The normalized spacial score (nSPS) is 24.6. The van der Waals surface area contributed by atoms with Crippen LogP contribution >= 0.6 is 11.6 Å². The summed E-state index contributed by atoms with van der Waals surface area (Å²) in [5.74, 6) is 0.925. The first-order chi connectivity index (χ1) is 8.79. The lowest BCUT2D eigenvalue weighted by molar-refractivity contribution is 0.145. The number of ether oxygens (including phenoxy) is 1. The lowest BCUT2D eigenvalue weighted by atomic mass is 10.1. The Kier molecular flexibility index (Phi) is 5.33. The van der Waals surface area contributed by atoms with Crippen molar-refractivity contribution in [2.75, 3.05) is 6.54 Å². The van der Waals surface area contributed by atoms with E-state index in [2.05, 4.69) is 12.2 Å². The summed E-state index contributed by atoms with van der Waals surface area (Å²) in [5.41, 5.74) is 0. The molecule has 0 amide bonds. The number of hydrogen-bond acceptors (Lipinski definition) is 2. The summed E-state index contributed by atoms with van der Waals surface area (Å²) in [4.78, 5) is 0. The molecule has 0 heterocycles. The molecule has 0 bridgehead atoms. The van der Waals surface area contributed by atoms with Gasteiger partial charge >= 0.3 is 0 Å². The van der Waals surface area contributed by atoms with Crippen LogP contribution in [0.1, 0.15) is 39.0 Å². The van der Waals surface area contributed by atoms with Crippen molar-refractivity contribution in [3.8, 4) is 5.75 Å². The second kappa shape index (κ2) is 7.01. The van der Waals surface area contributed by atoms with E-state index < -0.39 is 0 Å². The van der Waals surface area contributed by atoms with Gasteiger partial charge in [0.2, 0.25) is 0 Å². The van der Waals surface area contributed by atoms with E-state index in [1.165, 1.54) is 25.7 Å². The molecule has 1 fully saturated rings. The third-order valence-electron chi connectivity index (χ3n) is 3.52. The standard InChI is InChI=1S/C15H22ClNO/c1-2-17-14-6-4-3-5-7-15(14)18-13-10-8-12(16)9-11-13/h8-11,14-15,17H,2-7H2,1H3. The van der Waals surface area contributed by atoms with Crippen molar-refractivity contribution < 1.29 is 4.74 Å². The van der Waals surface area contributed by atoms with E-state index in [9.17, 15) is 0 Å². The highest BCUT2D eigenvalue weighted by Crippen LogP contribution is 2.24. The molecule has 3 heteroatoms. The molecule has 1 aromatic carbocycles. The van der Waals surface area contributed by atoms with Crippen LogP contribution < -0.4 is 10.1 Å². The highest BCUT2D eigenvalue weighted by Gasteiger charge is 2.24. The van der Waals surface area contributed by atoms with E-state index in [1.54, 1.807) is 0 Å². The lowest BCUT2D eigenvalue weighted by Gasteiger charge is -2.26. The zero-order valence-electron chi connectivity index (χ0n) is 11.0. The number of nitrogens with one attached hydrogen (secondary N) is 1. The SMILES string of the molecule is CCNC1CCCCCC1Oc1ccc(Cl)cc1. The molecule has 100 valence electrons. The van der Waals surface area contributed by atoms with Crippen molar-refractivity contribution >= 4 is 11.6 Å². The fourth-order valence-corrected chi connectivity index (χ4v) is 2.72. The first-order valence-corrected chi connectivity index (χ1v) is 7.33. The second-order valence-corrected chi connectivity index (χ2v) is 5.35. The van der Waals surface area contributed by atoms with Gasteiger partial charge in [0.25, 0.3) is 0 Å². The topological polar surface area (TPSA) is 21.3 Å². The Bertz CT molecular complexity index is 352. The third-order valence-corrected chi connectivity index (χ3v) is 3.77. The summed E-state index contributed by atoms with van der Waals surface area (Å²) < 4.78 is 6.13. The molecular weight excluding hydrogens is 246 g/mol. The second-order valence-electron chi connectivity index (χ2n) is 4.91. The molecule has 2 unspecified atom stereocenters. The molecule has 0 spiro atoms. The molecule has 2 nitrogen and oxygen atoms in total. The fraction of sp³-hybridized carbons (Fsp3) is 0.600. The van der Waals surface area contributed by atoms with Gasteiger partial charge in [-0.05, 0) is 50.1 Å². The molecule has 1 aromatic rings. The van der Waals surface area contributed by atoms with Gasteiger partial charge in [0.05, 0.1) is 0 Å². The van der Waals surface area contributed by atoms with Gasteiger partial charge in [-0.15, -0.1) is 0 Å². The van der Waals surface area contributed by atoms with Gasteiger partial charge < -0.3 is 10.1 Å². The summed E-state index contributed by atoms with van der Waals surface area (Å²) in [6.45, 7) is 3.16. The summed E-state index contributed by atoms with van der Waals surface area (Å²) >= 11 is 5.89. The van der Waals surface area contributed by atoms with E-state index in [4.69, 9.17) is 16.3 Å². The Morgan fingerprint density at radius 3 is 2.61 bits per heavy atom. The molecule has 18 heavy (non-hydrogen) atoms. The molecule has 2 rings (SSSR count). The maximum atomic E-state index is 6.13. The Morgan fingerprint density at radius 1 is 1.17 bits per heavy atom. The van der Waals surface area contributed by atoms with Crippen LogP contribution in [0.5, 0.6) is 5.75 Å². The van der Waals surface area contributed by atoms with Crippen molar-refractivity contribution in [1.29, 1.82) is 0 Å². The van der Waals surface area contributed by atoms with Crippen molar-refractivity contribution in [1.82, 2.24) is 5.32 Å². The summed E-state index contributed by atoms with van der Waals surface area (Å²) in [7, 11) is 0. The Hall–Kier alpha value is -0.730. The Morgan fingerprint density at radius 2 is 1.89 bits per heavy atom. The Labute approximate surface area is 115 Å². The van der Waals surface area contributed by atoms with Gasteiger partial charge in [-0.3, -0.25) is 0 Å². The molecule has 1 aliphatic carbocycles. The summed E-state index contributed by atoms with van der Waals surface area (Å²) in [6.07, 6.45) is 6.53. The van der Waals surface area contributed by atoms with Crippen LogP contribution in [-0.2, 0) is 0 Å². The van der Waals surface area contributed by atoms with Crippen LogP contribution in [0.3, 0.4) is 0 Å². The maximum Gasteiger partial charge on any atom is 0.119 e. The predicted octanol–water partition coefficient (Wildman–Crippen LogP) is 4.03. The molecule has 0 aromatic heterocycles. The average Bonchev–Trinajstić information content (AvgIpc) is 2.59. The molecule has 1 aliphatic rings. The largest absolute Gasteiger partial charge is 0.489 e. The van der Waals surface area contributed by atoms with Gasteiger partial charge in [-0.2, -0.15) is 0 Å². The molecule has 0 radical (unpaired) electrons. The first-order valence-electron chi connectivity index (χ1n) is 6.95. The summed E-state index contributed by atoms with van der Waals surface area (Å²) in [5, 5.41) is 4.31. The molecule has 1 saturated carbocycles. The minimum absolute atomic E-state index is 0.286. The fourth-order valence-electron chi connectivity index (χ4n) is 2.60. The van der Waals surface area contributed by atoms with E-state index >= 15 is 0 Å². The van der Waals surface area contributed by atoms with E-state index in [0.29, 0.717) is 6.04 Å². The molecule has 1 N–H and O–H groups in total. The number of likely N-dealkylation sites (N-methyl/N-ethyl adjacent to an activating group) is 1. The highest BCUT2D eigenvalue weighted by atomic mass is 35.5. The quantitative estimate of drug-likeness (QED) is 0.832. The van der Waals surface area contributed by atoms with Crippen molar-refractivity contribution in [3.05, 3.63) is 29.3 Å². The van der Waals surface area contributed by atoms with Gasteiger partial charge in [0, 0.05) is 11.1 Å². The Balaban J connectivity index is 2.01. The lowest BCUT2D eigenvalue weighted by Crippen LogP contribution is -2.42. The van der Waals surface area contributed by atoms with E-state index in [1.807, 2.05) is 24.3 Å². The smallest absolute Gasteiger partial charge is 0.119 e. The minimum atomic E-state index is 0.286. The number of hydrogen-bond donors (Lipinski definition) is 1. The van der Waals surface area contributed by atoms with Crippen LogP contribution in [0, 0.1) is 0 Å². The molecule has 0 saturated heterocycles. The van der Waals surface area contributed by atoms with Crippen LogP contribution in [0.15, 0.2) is 24.3 Å². The van der Waals surface area contributed by atoms with Crippen LogP contribution in [0.25, 0.3) is 0 Å². The van der Waals surface area contributed by atoms with Crippen LogP contribution in [0.2, 0.25) is 5.02 Å². The zero-order valence-corrected chi connectivity index (χ0v) is 11.7. The average molecular weight is 268 g/mol. The van der Waals surface area contributed by atoms with Gasteiger partial charge in [-0.1, -0.05) is 31.4 Å². The van der Waals surface area contributed by atoms with E-state index in [0.717, 1.165) is 23.7 Å². The molecule has 2 atom stereocenters. The predicted molar refractivity (Wildman–Crippen MR) is 76.4 cm³/mol. The van der Waals surface area contributed by atoms with Crippen LogP contribution in [-0.4, -0.2) is 18.7 Å². The number of rotatable bonds is 4. The zero-order chi connectivity index (χ0) is 12.8. The number of benzene rings is 1.